The third kappa shape index (κ3) is 7.62. The minimum absolute atomic E-state index is 0.0666. The summed E-state index contributed by atoms with van der Waals surface area (Å²) in [4.78, 5) is 34.9. The van der Waals surface area contributed by atoms with Crippen molar-refractivity contribution in [3.63, 3.8) is 0 Å². The largest absolute Gasteiger partial charge is 0.494 e. The summed E-state index contributed by atoms with van der Waals surface area (Å²) in [5.41, 5.74) is 5.09. The Morgan fingerprint density at radius 1 is 0.958 bits per heavy atom. The summed E-state index contributed by atoms with van der Waals surface area (Å²) >= 11 is 0. The fraction of sp³-hybridized carbons (Fsp3) is 0.471. The summed E-state index contributed by atoms with van der Waals surface area (Å²) in [6, 6.07) is 6.61. The van der Waals surface area contributed by atoms with E-state index < -0.39 is 5.91 Å². The molecule has 0 saturated carbocycles. The second kappa shape index (κ2) is 11.0. The Bertz CT molecular complexity index is 543. The molecule has 0 heterocycles. The van der Waals surface area contributed by atoms with Crippen LogP contribution in [-0.4, -0.2) is 30.9 Å². The van der Waals surface area contributed by atoms with E-state index in [0.29, 0.717) is 37.3 Å². The second-order valence-corrected chi connectivity index (χ2v) is 5.16. The topological polar surface area (TPSA) is 96.5 Å². The summed E-state index contributed by atoms with van der Waals surface area (Å²) in [5, 5.41) is 2.74. The van der Waals surface area contributed by atoms with Gasteiger partial charge in [0.05, 0.1) is 6.61 Å². The molecule has 0 unspecified atom stereocenters. The molecular weight excluding hydrogens is 310 g/mol. The maximum absolute atomic E-state index is 11.9. The zero-order valence-electron chi connectivity index (χ0n) is 14.2. The lowest BCUT2D eigenvalue weighted by atomic mass is 10.2. The van der Waals surface area contributed by atoms with Crippen LogP contribution in [0.5, 0.6) is 5.75 Å². The summed E-state index contributed by atoms with van der Waals surface area (Å²) < 4.78 is 5.29. The third-order valence-corrected chi connectivity index (χ3v) is 3.12. The number of hydrogen-bond acceptors (Lipinski definition) is 4. The van der Waals surface area contributed by atoms with Gasteiger partial charge in [0.15, 0.2) is 0 Å². The Balaban J connectivity index is 2.25. The first kappa shape index (κ1) is 19.5. The van der Waals surface area contributed by atoms with Crippen LogP contribution in [-0.2, 0) is 9.59 Å². The van der Waals surface area contributed by atoms with Crippen molar-refractivity contribution < 1.29 is 19.1 Å². The predicted molar refractivity (Wildman–Crippen MR) is 90.4 cm³/mol. The van der Waals surface area contributed by atoms with Crippen molar-refractivity contribution in [2.45, 2.75) is 39.5 Å². The molecule has 7 nitrogen and oxygen atoms in total. The highest BCUT2D eigenvalue weighted by Crippen LogP contribution is 2.11. The molecule has 0 aliphatic heterocycles. The highest BCUT2D eigenvalue weighted by molar-refractivity contribution is 5.95. The van der Waals surface area contributed by atoms with Crippen molar-refractivity contribution in [1.82, 2.24) is 16.2 Å². The fourth-order valence-electron chi connectivity index (χ4n) is 1.89. The highest BCUT2D eigenvalue weighted by atomic mass is 16.5. The van der Waals surface area contributed by atoms with E-state index in [1.54, 1.807) is 24.3 Å². The predicted octanol–water partition coefficient (Wildman–Crippen LogP) is 1.54. The first-order valence-corrected chi connectivity index (χ1v) is 8.15. The van der Waals surface area contributed by atoms with Crippen LogP contribution in [0.25, 0.3) is 0 Å². The van der Waals surface area contributed by atoms with Crippen molar-refractivity contribution in [2.24, 2.45) is 0 Å². The number of benzene rings is 1. The van der Waals surface area contributed by atoms with Crippen LogP contribution in [0.1, 0.15) is 49.9 Å². The molecule has 0 fully saturated rings. The SMILES string of the molecule is CCCNC(=O)CCCC(=O)NNC(=O)c1ccc(OCC)cc1. The van der Waals surface area contributed by atoms with Crippen LogP contribution in [0.4, 0.5) is 0 Å². The molecule has 1 aromatic rings. The number of hydrazine groups is 1. The number of hydrogen-bond donors (Lipinski definition) is 3. The molecule has 1 aromatic carbocycles. The molecule has 0 aliphatic carbocycles. The lowest BCUT2D eigenvalue weighted by Gasteiger charge is -2.08. The van der Waals surface area contributed by atoms with E-state index in [1.807, 2.05) is 13.8 Å². The van der Waals surface area contributed by atoms with Gasteiger partial charge in [0.25, 0.3) is 5.91 Å². The summed E-state index contributed by atoms with van der Waals surface area (Å²) in [6.45, 7) is 5.05. The van der Waals surface area contributed by atoms with Crippen molar-refractivity contribution >= 4 is 17.7 Å². The lowest BCUT2D eigenvalue weighted by molar-refractivity contribution is -0.122. The number of ether oxygens (including phenoxy) is 1. The molecule has 0 saturated heterocycles. The third-order valence-electron chi connectivity index (χ3n) is 3.12. The Morgan fingerprint density at radius 2 is 1.62 bits per heavy atom. The second-order valence-electron chi connectivity index (χ2n) is 5.16. The number of nitrogens with one attached hydrogen (secondary N) is 3. The Labute approximate surface area is 142 Å². The molecule has 7 heteroatoms. The number of carbonyl (C=O) groups is 3. The molecule has 0 spiro atoms. The van der Waals surface area contributed by atoms with Crippen LogP contribution in [0.15, 0.2) is 24.3 Å². The maximum Gasteiger partial charge on any atom is 0.269 e. The smallest absolute Gasteiger partial charge is 0.269 e. The number of amides is 3. The first-order valence-electron chi connectivity index (χ1n) is 8.15. The van der Waals surface area contributed by atoms with Crippen LogP contribution < -0.4 is 20.9 Å². The molecule has 0 atom stereocenters. The molecule has 132 valence electrons. The number of rotatable bonds is 9. The average molecular weight is 335 g/mol. The van der Waals surface area contributed by atoms with Gasteiger partial charge in [0.1, 0.15) is 5.75 Å². The fourth-order valence-corrected chi connectivity index (χ4v) is 1.89. The van der Waals surface area contributed by atoms with E-state index in [0.717, 1.165) is 6.42 Å². The van der Waals surface area contributed by atoms with Gasteiger partial charge in [-0.15, -0.1) is 0 Å². The van der Waals surface area contributed by atoms with Gasteiger partial charge in [-0.3, -0.25) is 25.2 Å². The summed E-state index contributed by atoms with van der Waals surface area (Å²) in [7, 11) is 0. The van der Waals surface area contributed by atoms with E-state index >= 15 is 0 Å². The van der Waals surface area contributed by atoms with E-state index in [2.05, 4.69) is 16.2 Å². The van der Waals surface area contributed by atoms with Crippen LogP contribution in [0.3, 0.4) is 0 Å². The van der Waals surface area contributed by atoms with Gasteiger partial charge in [-0.2, -0.15) is 0 Å². The van der Waals surface area contributed by atoms with Gasteiger partial charge in [0.2, 0.25) is 11.8 Å². The average Bonchev–Trinajstić information content (AvgIpc) is 2.58. The molecule has 3 N–H and O–H groups in total. The van der Waals surface area contributed by atoms with Crippen molar-refractivity contribution in [2.75, 3.05) is 13.2 Å². The van der Waals surface area contributed by atoms with Crippen LogP contribution >= 0.6 is 0 Å². The van der Waals surface area contributed by atoms with Crippen molar-refractivity contribution in [3.05, 3.63) is 29.8 Å². The van der Waals surface area contributed by atoms with E-state index in [4.69, 9.17) is 4.74 Å². The molecule has 3 amide bonds. The van der Waals surface area contributed by atoms with Gasteiger partial charge in [0, 0.05) is 24.9 Å². The summed E-state index contributed by atoms with van der Waals surface area (Å²) in [5.74, 6) is -0.132. The minimum Gasteiger partial charge on any atom is -0.494 e. The van der Waals surface area contributed by atoms with Crippen LogP contribution in [0.2, 0.25) is 0 Å². The summed E-state index contributed by atoms with van der Waals surface area (Å²) in [6.07, 6.45) is 1.77. The Kier molecular flexibility index (Phi) is 8.96. The molecule has 0 aliphatic rings. The normalized spacial score (nSPS) is 9.92. The molecular formula is C17H25N3O4. The molecule has 0 bridgehead atoms. The lowest BCUT2D eigenvalue weighted by Crippen LogP contribution is -2.41. The van der Waals surface area contributed by atoms with Crippen molar-refractivity contribution in [3.8, 4) is 5.75 Å². The Hall–Kier alpha value is -2.57. The van der Waals surface area contributed by atoms with Crippen LogP contribution in [0, 0.1) is 0 Å². The quantitative estimate of drug-likeness (QED) is 0.596. The van der Waals surface area contributed by atoms with Gasteiger partial charge in [-0.05, 0) is 44.0 Å². The van der Waals surface area contributed by atoms with Gasteiger partial charge < -0.3 is 10.1 Å². The van der Waals surface area contributed by atoms with Gasteiger partial charge in [-0.1, -0.05) is 6.92 Å². The highest BCUT2D eigenvalue weighted by Gasteiger charge is 2.08. The maximum atomic E-state index is 11.9. The molecule has 0 aromatic heterocycles. The van der Waals surface area contributed by atoms with E-state index in [-0.39, 0.29) is 18.2 Å². The minimum atomic E-state index is -0.410. The standard InChI is InChI=1S/C17H25N3O4/c1-3-12-18-15(21)6-5-7-16(22)19-20-17(23)13-8-10-14(11-9-13)24-4-2/h8-11H,3-7,12H2,1-2H3,(H,18,21)(H,19,22)(H,20,23). The zero-order chi connectivity index (χ0) is 17.8. The zero-order valence-corrected chi connectivity index (χ0v) is 14.2. The monoisotopic (exact) mass is 335 g/mol. The molecule has 0 radical (unpaired) electrons. The number of carbonyl (C=O) groups excluding carboxylic acids is 3. The Morgan fingerprint density at radius 3 is 2.25 bits per heavy atom. The molecule has 24 heavy (non-hydrogen) atoms. The molecule has 1 rings (SSSR count). The van der Waals surface area contributed by atoms with Crippen molar-refractivity contribution in [1.29, 1.82) is 0 Å². The van der Waals surface area contributed by atoms with Gasteiger partial charge in [-0.25, -0.2) is 0 Å². The van der Waals surface area contributed by atoms with E-state index in [1.165, 1.54) is 0 Å². The van der Waals surface area contributed by atoms with Gasteiger partial charge >= 0.3 is 0 Å². The van der Waals surface area contributed by atoms with E-state index in [9.17, 15) is 14.4 Å². The first-order chi connectivity index (χ1) is 11.6.